The van der Waals surface area contributed by atoms with Gasteiger partial charge in [0.2, 0.25) is 0 Å². The van der Waals surface area contributed by atoms with Crippen molar-refractivity contribution in [3.63, 3.8) is 0 Å². The fourth-order valence-electron chi connectivity index (χ4n) is 3.99. The molecule has 0 bridgehead atoms. The lowest BCUT2D eigenvalue weighted by Crippen LogP contribution is -2.32. The highest BCUT2D eigenvalue weighted by atomic mass is 19.1. The summed E-state index contributed by atoms with van der Waals surface area (Å²) in [5.41, 5.74) is 1.18. The van der Waals surface area contributed by atoms with Crippen LogP contribution in [0.2, 0.25) is 0 Å². The van der Waals surface area contributed by atoms with Crippen LogP contribution in [0.4, 0.5) is 4.39 Å². The summed E-state index contributed by atoms with van der Waals surface area (Å²) in [5.74, 6) is -0.626. The molecule has 2 aromatic rings. The summed E-state index contributed by atoms with van der Waals surface area (Å²) < 4.78 is 29.7. The van der Waals surface area contributed by atoms with E-state index in [0.29, 0.717) is 29.9 Å². The molecule has 3 unspecified atom stereocenters. The molecular weight excluding hydrogens is 363 g/mol. The fraction of sp³-hybridized carbons (Fsp3) is 0.409. The van der Waals surface area contributed by atoms with E-state index in [4.69, 9.17) is 14.2 Å². The molecule has 3 rings (SSSR count). The van der Waals surface area contributed by atoms with Crippen molar-refractivity contribution < 1.29 is 28.5 Å². The zero-order valence-corrected chi connectivity index (χ0v) is 16.3. The second-order valence-corrected chi connectivity index (χ2v) is 7.03. The molecule has 1 aliphatic rings. The second-order valence-electron chi connectivity index (χ2n) is 7.03. The molecule has 0 aliphatic heterocycles. The van der Waals surface area contributed by atoms with Crippen LogP contribution in [0.5, 0.6) is 17.2 Å². The first-order chi connectivity index (χ1) is 13.5. The average Bonchev–Trinajstić information content (AvgIpc) is 2.74. The predicted octanol–water partition coefficient (Wildman–Crippen LogP) is 4.33. The van der Waals surface area contributed by atoms with E-state index in [1.54, 1.807) is 38.5 Å². The Morgan fingerprint density at radius 3 is 2.50 bits per heavy atom. The zero-order valence-electron chi connectivity index (χ0n) is 16.3. The molecule has 28 heavy (non-hydrogen) atoms. The number of carbonyl (C=O) groups is 1. The molecule has 6 heteroatoms. The van der Waals surface area contributed by atoms with Crippen LogP contribution in [0.15, 0.2) is 36.4 Å². The van der Waals surface area contributed by atoms with Crippen LogP contribution < -0.4 is 9.47 Å². The van der Waals surface area contributed by atoms with Gasteiger partial charge in [0.15, 0.2) is 17.3 Å². The molecule has 1 fully saturated rings. The molecule has 0 amide bonds. The van der Waals surface area contributed by atoms with Crippen molar-refractivity contribution in [3.8, 4) is 17.2 Å². The molecule has 150 valence electrons. The number of hydrogen-bond acceptors (Lipinski definition) is 5. The van der Waals surface area contributed by atoms with Gasteiger partial charge in [-0.1, -0.05) is 6.07 Å². The predicted molar refractivity (Wildman–Crippen MR) is 103 cm³/mol. The van der Waals surface area contributed by atoms with E-state index in [1.165, 1.54) is 19.2 Å². The molecule has 3 atom stereocenters. The Hall–Kier alpha value is -2.60. The van der Waals surface area contributed by atoms with Gasteiger partial charge in [0, 0.05) is 13.0 Å². The van der Waals surface area contributed by atoms with E-state index in [2.05, 4.69) is 0 Å². The van der Waals surface area contributed by atoms with Crippen LogP contribution in [-0.2, 0) is 4.74 Å². The van der Waals surface area contributed by atoms with Gasteiger partial charge in [-0.25, -0.2) is 4.39 Å². The van der Waals surface area contributed by atoms with Crippen molar-refractivity contribution in [2.75, 3.05) is 21.3 Å². The molecule has 0 saturated heterocycles. The van der Waals surface area contributed by atoms with Crippen LogP contribution in [0.25, 0.3) is 0 Å². The third-order valence-electron chi connectivity index (χ3n) is 5.54. The molecule has 0 aromatic heterocycles. The highest BCUT2D eigenvalue weighted by Crippen LogP contribution is 2.43. The standard InChI is InChI=1S/C22H25FO5/c1-26-14-5-7-16(17(11-14)13-4-8-19(23)20(24)10-13)22(25)18-12-15(27-2)6-9-21(18)28-3/h4,6,8-10,12,14,16-17,24H,5,7,11H2,1-3H3. The summed E-state index contributed by atoms with van der Waals surface area (Å²) in [5, 5.41) is 9.82. The van der Waals surface area contributed by atoms with Crippen molar-refractivity contribution in [1.82, 2.24) is 0 Å². The van der Waals surface area contributed by atoms with Gasteiger partial charge in [0.05, 0.1) is 25.9 Å². The first kappa shape index (κ1) is 20.1. The number of hydrogen-bond donors (Lipinski definition) is 1. The van der Waals surface area contributed by atoms with Crippen LogP contribution in [-0.4, -0.2) is 38.3 Å². The van der Waals surface area contributed by atoms with Gasteiger partial charge in [-0.2, -0.15) is 0 Å². The third kappa shape index (κ3) is 3.97. The summed E-state index contributed by atoms with van der Waals surface area (Å²) in [6, 6.07) is 9.40. The lowest BCUT2D eigenvalue weighted by molar-refractivity contribution is 0.0429. The van der Waals surface area contributed by atoms with Crippen molar-refractivity contribution >= 4 is 5.78 Å². The SMILES string of the molecule is COc1ccc(OC)c(C(=O)C2CCC(OC)CC2c2ccc(F)c(O)c2)c1. The Morgan fingerprint density at radius 2 is 1.86 bits per heavy atom. The van der Waals surface area contributed by atoms with Gasteiger partial charge < -0.3 is 19.3 Å². The van der Waals surface area contributed by atoms with Crippen molar-refractivity contribution in [1.29, 1.82) is 0 Å². The lowest BCUT2D eigenvalue weighted by atomic mass is 9.71. The highest BCUT2D eigenvalue weighted by Gasteiger charge is 2.37. The number of phenols is 1. The Kier molecular flexibility index (Phi) is 6.19. The molecule has 0 heterocycles. The molecule has 1 aliphatic carbocycles. The number of carbonyl (C=O) groups excluding carboxylic acids is 1. The second kappa shape index (κ2) is 8.61. The van der Waals surface area contributed by atoms with Gasteiger partial charge in [-0.15, -0.1) is 0 Å². The minimum Gasteiger partial charge on any atom is -0.505 e. The number of ketones is 1. The van der Waals surface area contributed by atoms with E-state index in [9.17, 15) is 14.3 Å². The van der Waals surface area contributed by atoms with Gasteiger partial charge in [0.1, 0.15) is 11.5 Å². The zero-order chi connectivity index (χ0) is 20.3. The number of benzene rings is 2. The first-order valence-corrected chi connectivity index (χ1v) is 9.26. The Balaban J connectivity index is 2.00. The average molecular weight is 388 g/mol. The minimum absolute atomic E-state index is 0.00782. The van der Waals surface area contributed by atoms with E-state index in [1.807, 2.05) is 0 Å². The van der Waals surface area contributed by atoms with E-state index in [0.717, 1.165) is 12.0 Å². The number of phenolic OH excluding ortho intramolecular Hbond substituents is 1. The van der Waals surface area contributed by atoms with Crippen LogP contribution in [0.1, 0.15) is 41.1 Å². The first-order valence-electron chi connectivity index (χ1n) is 9.26. The fourth-order valence-corrected chi connectivity index (χ4v) is 3.99. The molecular formula is C22H25FO5. The highest BCUT2D eigenvalue weighted by molar-refractivity contribution is 6.01. The quantitative estimate of drug-likeness (QED) is 0.746. The maximum atomic E-state index is 13.5. The Labute approximate surface area is 164 Å². The van der Waals surface area contributed by atoms with Gasteiger partial charge in [-0.05, 0) is 61.1 Å². The molecule has 1 saturated carbocycles. The number of rotatable bonds is 6. The monoisotopic (exact) mass is 388 g/mol. The number of aromatic hydroxyl groups is 1. The summed E-state index contributed by atoms with van der Waals surface area (Å²) >= 11 is 0. The minimum atomic E-state index is -0.680. The summed E-state index contributed by atoms with van der Waals surface area (Å²) in [7, 11) is 4.72. The van der Waals surface area contributed by atoms with Crippen LogP contribution in [0, 0.1) is 11.7 Å². The van der Waals surface area contributed by atoms with E-state index in [-0.39, 0.29) is 23.7 Å². The normalized spacial score (nSPS) is 21.9. The molecule has 0 radical (unpaired) electrons. The van der Waals surface area contributed by atoms with Crippen molar-refractivity contribution in [2.24, 2.45) is 5.92 Å². The third-order valence-corrected chi connectivity index (χ3v) is 5.54. The van der Waals surface area contributed by atoms with Gasteiger partial charge >= 0.3 is 0 Å². The number of halogens is 1. The van der Waals surface area contributed by atoms with E-state index < -0.39 is 11.6 Å². The lowest BCUT2D eigenvalue weighted by Gasteiger charge is -2.35. The van der Waals surface area contributed by atoms with Gasteiger partial charge in [0.25, 0.3) is 0 Å². The number of ether oxygens (including phenoxy) is 3. The topological polar surface area (TPSA) is 65.0 Å². The largest absolute Gasteiger partial charge is 0.505 e. The van der Waals surface area contributed by atoms with Crippen molar-refractivity contribution in [2.45, 2.75) is 31.3 Å². The Morgan fingerprint density at radius 1 is 1.07 bits per heavy atom. The van der Waals surface area contributed by atoms with Crippen LogP contribution in [0.3, 0.4) is 0 Å². The van der Waals surface area contributed by atoms with E-state index >= 15 is 0 Å². The molecule has 1 N–H and O–H groups in total. The number of Topliss-reactive ketones (excluding diaryl/α,β-unsaturated/α-hetero) is 1. The summed E-state index contributed by atoms with van der Waals surface area (Å²) in [6.07, 6.45) is 2.00. The van der Waals surface area contributed by atoms with Gasteiger partial charge in [-0.3, -0.25) is 4.79 Å². The molecule has 2 aromatic carbocycles. The molecule has 0 spiro atoms. The number of methoxy groups -OCH3 is 3. The molecule has 5 nitrogen and oxygen atoms in total. The van der Waals surface area contributed by atoms with Crippen molar-refractivity contribution in [3.05, 3.63) is 53.3 Å². The Bertz CT molecular complexity index is 851. The smallest absolute Gasteiger partial charge is 0.170 e. The maximum Gasteiger partial charge on any atom is 0.170 e. The summed E-state index contributed by atoms with van der Waals surface area (Å²) in [4.78, 5) is 13.5. The van der Waals surface area contributed by atoms with Crippen LogP contribution >= 0.6 is 0 Å². The maximum absolute atomic E-state index is 13.5. The summed E-state index contributed by atoms with van der Waals surface area (Å²) in [6.45, 7) is 0.